The van der Waals surface area contributed by atoms with Gasteiger partial charge in [0, 0.05) is 7.11 Å². The summed E-state index contributed by atoms with van der Waals surface area (Å²) < 4.78 is 5.62. The highest BCUT2D eigenvalue weighted by Gasteiger charge is 2.31. The molecule has 1 aromatic carbocycles. The lowest BCUT2D eigenvalue weighted by molar-refractivity contribution is -0.0194. The van der Waals surface area contributed by atoms with Gasteiger partial charge in [-0.15, -0.1) is 0 Å². The molecular formula is C16H25NO. The number of nitrogens with two attached hydrogens (primary N) is 1. The van der Waals surface area contributed by atoms with Gasteiger partial charge in [0.1, 0.15) is 0 Å². The van der Waals surface area contributed by atoms with E-state index in [2.05, 4.69) is 38.1 Å². The normalized spacial score (nSPS) is 21.1. The third-order valence-electron chi connectivity index (χ3n) is 4.67. The van der Waals surface area contributed by atoms with Gasteiger partial charge in [-0.3, -0.25) is 0 Å². The lowest BCUT2D eigenvalue weighted by Crippen LogP contribution is -2.39. The molecule has 0 spiro atoms. The molecule has 2 rings (SSSR count). The highest BCUT2D eigenvalue weighted by Crippen LogP contribution is 2.38. The molecule has 0 aliphatic heterocycles. The number of rotatable bonds is 5. The molecule has 0 radical (unpaired) electrons. The predicted molar refractivity (Wildman–Crippen MR) is 75.7 cm³/mol. The molecule has 0 heterocycles. The van der Waals surface area contributed by atoms with Crippen LogP contribution in [0, 0.1) is 0 Å². The Kier molecular flexibility index (Phi) is 4.08. The Balaban J connectivity index is 2.21. The van der Waals surface area contributed by atoms with Crippen LogP contribution in [0.1, 0.15) is 62.6 Å². The first-order chi connectivity index (χ1) is 8.60. The summed E-state index contributed by atoms with van der Waals surface area (Å²) in [7, 11) is 1.75. The molecule has 0 amide bonds. The van der Waals surface area contributed by atoms with E-state index in [1.54, 1.807) is 7.11 Å². The van der Waals surface area contributed by atoms with E-state index >= 15 is 0 Å². The molecule has 1 aliphatic rings. The number of ether oxygens (including phenoxy) is 1. The van der Waals surface area contributed by atoms with Gasteiger partial charge in [-0.25, -0.2) is 0 Å². The van der Waals surface area contributed by atoms with Gasteiger partial charge in [0.15, 0.2) is 0 Å². The van der Waals surface area contributed by atoms with Crippen LogP contribution in [0.15, 0.2) is 24.3 Å². The van der Waals surface area contributed by atoms with Crippen molar-refractivity contribution >= 4 is 0 Å². The van der Waals surface area contributed by atoms with Gasteiger partial charge in [0.2, 0.25) is 0 Å². The standard InChI is InChI=1S/C16H25NO/c1-4-16(2,18-3)15(17)14-10-6-9-13(11-14)12-7-5-8-12/h6,9-12,15H,4-5,7-8,17H2,1-3H3. The smallest absolute Gasteiger partial charge is 0.0839 e. The highest BCUT2D eigenvalue weighted by molar-refractivity contribution is 5.30. The molecule has 2 N–H and O–H groups in total. The fourth-order valence-electron chi connectivity index (χ4n) is 2.59. The van der Waals surface area contributed by atoms with Gasteiger partial charge < -0.3 is 10.5 Å². The predicted octanol–water partition coefficient (Wildman–Crippen LogP) is 3.77. The van der Waals surface area contributed by atoms with Crippen molar-refractivity contribution in [1.82, 2.24) is 0 Å². The van der Waals surface area contributed by atoms with Crippen molar-refractivity contribution < 1.29 is 4.74 Å². The van der Waals surface area contributed by atoms with E-state index in [0.717, 1.165) is 12.3 Å². The summed E-state index contributed by atoms with van der Waals surface area (Å²) in [4.78, 5) is 0. The van der Waals surface area contributed by atoms with Crippen LogP contribution in [-0.2, 0) is 4.74 Å². The minimum Gasteiger partial charge on any atom is -0.377 e. The Morgan fingerprint density at radius 1 is 1.44 bits per heavy atom. The van der Waals surface area contributed by atoms with E-state index in [-0.39, 0.29) is 11.6 Å². The van der Waals surface area contributed by atoms with E-state index in [1.165, 1.54) is 30.4 Å². The first-order valence-electron chi connectivity index (χ1n) is 7.01. The van der Waals surface area contributed by atoms with Gasteiger partial charge in [-0.1, -0.05) is 37.6 Å². The first kappa shape index (κ1) is 13.6. The second kappa shape index (κ2) is 5.41. The van der Waals surface area contributed by atoms with Crippen molar-refractivity contribution in [3.8, 4) is 0 Å². The Labute approximate surface area is 111 Å². The molecule has 1 fully saturated rings. The van der Waals surface area contributed by atoms with Gasteiger partial charge in [0.25, 0.3) is 0 Å². The zero-order chi connectivity index (χ0) is 13.2. The zero-order valence-corrected chi connectivity index (χ0v) is 11.8. The summed E-state index contributed by atoms with van der Waals surface area (Å²) in [6.45, 7) is 4.22. The maximum Gasteiger partial charge on any atom is 0.0839 e. The van der Waals surface area contributed by atoms with Crippen molar-refractivity contribution in [3.05, 3.63) is 35.4 Å². The molecule has 18 heavy (non-hydrogen) atoms. The minimum absolute atomic E-state index is 0.0625. The monoisotopic (exact) mass is 247 g/mol. The summed E-state index contributed by atoms with van der Waals surface area (Å²) in [5.41, 5.74) is 8.77. The SMILES string of the molecule is CCC(C)(OC)C(N)c1cccc(C2CCC2)c1. The zero-order valence-electron chi connectivity index (χ0n) is 11.8. The van der Waals surface area contributed by atoms with E-state index in [1.807, 2.05) is 0 Å². The molecule has 1 aromatic rings. The largest absolute Gasteiger partial charge is 0.377 e. The molecule has 2 atom stereocenters. The number of hydrogen-bond acceptors (Lipinski definition) is 2. The molecule has 1 saturated carbocycles. The van der Waals surface area contributed by atoms with Crippen LogP contribution in [0.3, 0.4) is 0 Å². The van der Waals surface area contributed by atoms with Gasteiger partial charge in [-0.05, 0) is 43.2 Å². The third kappa shape index (κ3) is 2.45. The third-order valence-corrected chi connectivity index (χ3v) is 4.67. The number of benzene rings is 1. The fraction of sp³-hybridized carbons (Fsp3) is 0.625. The maximum absolute atomic E-state index is 6.40. The number of methoxy groups -OCH3 is 1. The lowest BCUT2D eigenvalue weighted by Gasteiger charge is -2.34. The number of hydrogen-bond donors (Lipinski definition) is 1. The molecule has 0 bridgehead atoms. The van der Waals surface area contributed by atoms with Gasteiger partial charge >= 0.3 is 0 Å². The van der Waals surface area contributed by atoms with E-state index in [9.17, 15) is 0 Å². The molecule has 0 aromatic heterocycles. The van der Waals surface area contributed by atoms with Crippen molar-refractivity contribution in [3.63, 3.8) is 0 Å². The molecular weight excluding hydrogens is 222 g/mol. The van der Waals surface area contributed by atoms with E-state index in [0.29, 0.717) is 0 Å². The van der Waals surface area contributed by atoms with E-state index in [4.69, 9.17) is 10.5 Å². The van der Waals surface area contributed by atoms with Gasteiger partial charge in [-0.2, -0.15) is 0 Å². The van der Waals surface area contributed by atoms with Crippen LogP contribution >= 0.6 is 0 Å². The summed E-state index contributed by atoms with van der Waals surface area (Å²) in [6, 6.07) is 8.71. The second-order valence-electron chi connectivity index (χ2n) is 5.65. The summed E-state index contributed by atoms with van der Waals surface area (Å²) in [5.74, 6) is 0.757. The minimum atomic E-state index is -0.280. The molecule has 100 valence electrons. The van der Waals surface area contributed by atoms with Crippen LogP contribution < -0.4 is 5.73 Å². The van der Waals surface area contributed by atoms with Crippen LogP contribution in [0.4, 0.5) is 0 Å². The fourth-order valence-corrected chi connectivity index (χ4v) is 2.59. The van der Waals surface area contributed by atoms with Crippen molar-refractivity contribution in [1.29, 1.82) is 0 Å². The molecule has 1 aliphatic carbocycles. The average molecular weight is 247 g/mol. The van der Waals surface area contributed by atoms with Crippen molar-refractivity contribution in [2.45, 2.75) is 57.1 Å². The van der Waals surface area contributed by atoms with Crippen LogP contribution in [0.25, 0.3) is 0 Å². The Bertz CT molecular complexity index is 394. The molecule has 2 heteroatoms. The van der Waals surface area contributed by atoms with E-state index < -0.39 is 0 Å². The summed E-state index contributed by atoms with van der Waals surface area (Å²) >= 11 is 0. The highest BCUT2D eigenvalue weighted by atomic mass is 16.5. The average Bonchev–Trinajstić information content (AvgIpc) is 2.35. The van der Waals surface area contributed by atoms with Crippen LogP contribution in [0.5, 0.6) is 0 Å². The maximum atomic E-state index is 6.40. The quantitative estimate of drug-likeness (QED) is 0.859. The molecule has 2 nitrogen and oxygen atoms in total. The second-order valence-corrected chi connectivity index (χ2v) is 5.65. The molecule has 2 unspecified atom stereocenters. The van der Waals surface area contributed by atoms with Crippen molar-refractivity contribution in [2.75, 3.05) is 7.11 Å². The Hall–Kier alpha value is -0.860. The lowest BCUT2D eigenvalue weighted by atomic mass is 9.78. The Morgan fingerprint density at radius 2 is 2.17 bits per heavy atom. The van der Waals surface area contributed by atoms with Crippen LogP contribution in [0.2, 0.25) is 0 Å². The first-order valence-corrected chi connectivity index (χ1v) is 7.01. The summed E-state index contributed by atoms with van der Waals surface area (Å²) in [5, 5.41) is 0. The van der Waals surface area contributed by atoms with Crippen molar-refractivity contribution in [2.24, 2.45) is 5.73 Å². The topological polar surface area (TPSA) is 35.2 Å². The summed E-state index contributed by atoms with van der Waals surface area (Å²) in [6.07, 6.45) is 4.94. The molecule has 0 saturated heterocycles. The van der Waals surface area contributed by atoms with Gasteiger partial charge in [0.05, 0.1) is 11.6 Å². The van der Waals surface area contributed by atoms with Crippen LogP contribution in [-0.4, -0.2) is 12.7 Å². The Morgan fingerprint density at radius 3 is 2.67 bits per heavy atom.